The molecule has 3 fully saturated rings. The van der Waals surface area contributed by atoms with Crippen LogP contribution in [0.4, 0.5) is 0 Å². The molecule has 3 unspecified atom stereocenters. The first kappa shape index (κ1) is 29.5. The molecule has 6 rings (SSSR count). The van der Waals surface area contributed by atoms with Crippen LogP contribution in [0.5, 0.6) is 5.75 Å². The van der Waals surface area contributed by atoms with Gasteiger partial charge in [-0.25, -0.2) is 0 Å². The summed E-state index contributed by atoms with van der Waals surface area (Å²) >= 11 is 1.86. The third-order valence-electron chi connectivity index (χ3n) is 10.1. The first-order chi connectivity index (χ1) is 20.3. The normalized spacial score (nSPS) is 28.2. The van der Waals surface area contributed by atoms with E-state index in [0.717, 1.165) is 70.1 Å². The number of piperidine rings is 1. The summed E-state index contributed by atoms with van der Waals surface area (Å²) in [4.78, 5) is 20.2. The molecule has 2 aromatic carbocycles. The molecule has 226 valence electrons. The van der Waals surface area contributed by atoms with Crippen molar-refractivity contribution in [3.8, 4) is 5.75 Å². The van der Waals surface area contributed by atoms with Gasteiger partial charge < -0.3 is 19.1 Å². The van der Waals surface area contributed by atoms with E-state index in [1.54, 1.807) is 0 Å². The number of benzene rings is 2. The summed E-state index contributed by atoms with van der Waals surface area (Å²) in [5.41, 5.74) is 7.20. The number of carbonyl (C=O) groups is 1. The van der Waals surface area contributed by atoms with E-state index in [-0.39, 0.29) is 16.9 Å². The third-order valence-corrected chi connectivity index (χ3v) is 11.3. The average Bonchev–Trinajstić information content (AvgIpc) is 3.42. The summed E-state index contributed by atoms with van der Waals surface area (Å²) < 4.78 is 17.3. The van der Waals surface area contributed by atoms with Gasteiger partial charge in [0.1, 0.15) is 17.9 Å². The summed E-state index contributed by atoms with van der Waals surface area (Å²) in [6.45, 7) is 13.4. The fourth-order valence-corrected chi connectivity index (χ4v) is 8.62. The van der Waals surface area contributed by atoms with Gasteiger partial charge >= 0.3 is 5.97 Å². The van der Waals surface area contributed by atoms with Gasteiger partial charge in [-0.05, 0) is 79.7 Å². The Balaban J connectivity index is 1.13. The van der Waals surface area contributed by atoms with Crippen molar-refractivity contribution in [3.63, 3.8) is 0 Å². The largest absolute Gasteiger partial charge is 0.488 e. The Morgan fingerprint density at radius 3 is 2.50 bits per heavy atom. The van der Waals surface area contributed by atoms with Crippen molar-refractivity contribution < 1.29 is 19.0 Å². The van der Waals surface area contributed by atoms with E-state index in [1.807, 2.05) is 11.8 Å². The van der Waals surface area contributed by atoms with Gasteiger partial charge in [0.15, 0.2) is 0 Å². The van der Waals surface area contributed by atoms with Crippen LogP contribution in [0.2, 0.25) is 0 Å². The number of methoxy groups -OCH3 is 1. The summed E-state index contributed by atoms with van der Waals surface area (Å²) in [6, 6.07) is 13.2. The lowest BCUT2D eigenvalue weighted by atomic mass is 9.71. The van der Waals surface area contributed by atoms with Crippen LogP contribution in [0.25, 0.3) is 5.70 Å². The Kier molecular flexibility index (Phi) is 8.60. The van der Waals surface area contributed by atoms with Crippen LogP contribution in [0.3, 0.4) is 0 Å². The number of thioether (sulfide) groups is 1. The lowest BCUT2D eigenvalue weighted by Gasteiger charge is -2.47. The van der Waals surface area contributed by atoms with Crippen LogP contribution < -0.4 is 4.74 Å². The average molecular weight is 592 g/mol. The number of morpholine rings is 1. The van der Waals surface area contributed by atoms with Gasteiger partial charge in [0.05, 0.1) is 31.4 Å². The highest BCUT2D eigenvalue weighted by molar-refractivity contribution is 8.03. The number of aryl methyl sites for hydroxylation is 2. The van der Waals surface area contributed by atoms with Crippen molar-refractivity contribution in [3.05, 3.63) is 69.6 Å². The number of carbonyl (C=O) groups excluding carboxylic acids is 1. The molecule has 0 aromatic heterocycles. The maximum Gasteiger partial charge on any atom is 0.312 e. The number of ether oxygens (including phenoxy) is 3. The minimum atomic E-state index is -0.361. The summed E-state index contributed by atoms with van der Waals surface area (Å²) in [5.74, 6) is 1.55. The number of hydrogen-bond acceptors (Lipinski definition) is 8. The summed E-state index contributed by atoms with van der Waals surface area (Å²) in [7, 11) is 3.72. The quantitative estimate of drug-likeness (QED) is 0.374. The van der Waals surface area contributed by atoms with Gasteiger partial charge in [-0.3, -0.25) is 14.6 Å². The summed E-state index contributed by atoms with van der Waals surface area (Å²) in [6.07, 6.45) is 2.19. The van der Waals surface area contributed by atoms with Crippen LogP contribution in [0.15, 0.2) is 41.8 Å². The highest BCUT2D eigenvalue weighted by Gasteiger charge is 2.57. The zero-order chi connectivity index (χ0) is 29.4. The number of rotatable bonds is 8. The molecule has 3 atom stereocenters. The van der Waals surface area contributed by atoms with E-state index in [0.29, 0.717) is 18.4 Å². The number of nitrogens with zero attached hydrogens (tertiary/aromatic N) is 3. The highest BCUT2D eigenvalue weighted by atomic mass is 32.2. The maximum absolute atomic E-state index is 12.7. The van der Waals surface area contributed by atoms with Gasteiger partial charge in [-0.2, -0.15) is 0 Å². The molecule has 2 aromatic rings. The molecule has 0 N–H and O–H groups in total. The van der Waals surface area contributed by atoms with Gasteiger partial charge in [-0.1, -0.05) is 41.6 Å². The number of hydrogen-bond donors (Lipinski definition) is 0. The third kappa shape index (κ3) is 5.59. The van der Waals surface area contributed by atoms with Crippen molar-refractivity contribution in [2.24, 2.45) is 17.3 Å². The molecule has 1 aliphatic carbocycles. The lowest BCUT2D eigenvalue weighted by molar-refractivity contribution is -0.161. The predicted molar refractivity (Wildman–Crippen MR) is 168 cm³/mol. The minimum absolute atomic E-state index is 0.0376. The molecule has 4 aliphatic rings. The molecule has 8 heteroatoms. The van der Waals surface area contributed by atoms with Crippen molar-refractivity contribution in [1.82, 2.24) is 14.7 Å². The molecule has 2 bridgehead atoms. The van der Waals surface area contributed by atoms with Crippen LogP contribution in [-0.4, -0.2) is 79.7 Å². The molecular formula is C34H45N3O4S. The Hall–Kier alpha value is -2.52. The van der Waals surface area contributed by atoms with E-state index in [4.69, 9.17) is 14.2 Å². The maximum atomic E-state index is 12.7. The molecule has 0 spiro atoms. The van der Waals surface area contributed by atoms with E-state index >= 15 is 0 Å². The lowest BCUT2D eigenvalue weighted by Crippen LogP contribution is -2.56. The number of esters is 1. The van der Waals surface area contributed by atoms with E-state index < -0.39 is 0 Å². The monoisotopic (exact) mass is 591 g/mol. The Bertz CT molecular complexity index is 1330. The Morgan fingerprint density at radius 2 is 1.81 bits per heavy atom. The van der Waals surface area contributed by atoms with Gasteiger partial charge in [0, 0.05) is 45.3 Å². The topological polar surface area (TPSA) is 54.5 Å². The van der Waals surface area contributed by atoms with Crippen LogP contribution in [0, 0.1) is 31.1 Å². The van der Waals surface area contributed by atoms with Crippen LogP contribution in [0.1, 0.15) is 47.6 Å². The Morgan fingerprint density at radius 1 is 1.07 bits per heavy atom. The molecule has 7 nitrogen and oxygen atoms in total. The molecular weight excluding hydrogens is 546 g/mol. The highest BCUT2D eigenvalue weighted by Crippen LogP contribution is 2.54. The summed E-state index contributed by atoms with van der Waals surface area (Å²) in [5, 5.41) is 2.29. The zero-order valence-electron chi connectivity index (χ0n) is 25.7. The van der Waals surface area contributed by atoms with E-state index in [1.165, 1.54) is 35.1 Å². The second-order valence-electron chi connectivity index (χ2n) is 12.7. The second kappa shape index (κ2) is 12.2. The van der Waals surface area contributed by atoms with Gasteiger partial charge in [-0.15, -0.1) is 0 Å². The van der Waals surface area contributed by atoms with Gasteiger partial charge in [0.25, 0.3) is 0 Å². The molecule has 1 saturated carbocycles. The molecule has 42 heavy (non-hydrogen) atoms. The Labute approximate surface area is 255 Å². The predicted octanol–water partition coefficient (Wildman–Crippen LogP) is 5.50. The van der Waals surface area contributed by atoms with Crippen molar-refractivity contribution >= 4 is 23.4 Å². The molecule has 0 radical (unpaired) electrons. The van der Waals surface area contributed by atoms with E-state index in [9.17, 15) is 4.79 Å². The first-order valence-corrected chi connectivity index (χ1v) is 16.3. The molecule has 2 saturated heterocycles. The first-order valence-electron chi connectivity index (χ1n) is 15.3. The van der Waals surface area contributed by atoms with Crippen molar-refractivity contribution in [2.75, 3.05) is 53.6 Å². The van der Waals surface area contributed by atoms with Crippen molar-refractivity contribution in [2.45, 2.75) is 52.3 Å². The second-order valence-corrected chi connectivity index (χ2v) is 13.6. The molecule has 0 amide bonds. The van der Waals surface area contributed by atoms with E-state index in [2.05, 4.69) is 84.3 Å². The fraction of sp³-hybridized carbons (Fsp3) is 0.559. The molecule has 3 aliphatic heterocycles. The molecule has 3 heterocycles. The smallest absolute Gasteiger partial charge is 0.312 e. The zero-order valence-corrected chi connectivity index (χ0v) is 26.5. The SMILES string of the molecule is COC(=O)C1(C)C2CCC1CN(C1SC=C(c3cc(C)ccc3OCc3ccc(CN4CCOCC4)cc3C)N1C)C2. The minimum Gasteiger partial charge on any atom is -0.488 e. The van der Waals surface area contributed by atoms with Gasteiger partial charge in [0.2, 0.25) is 0 Å². The number of likely N-dealkylation sites (tertiary alicyclic amines) is 1. The van der Waals surface area contributed by atoms with Crippen molar-refractivity contribution in [1.29, 1.82) is 0 Å². The number of fused-ring (bicyclic) bond motifs is 2. The van der Waals surface area contributed by atoms with Crippen LogP contribution >= 0.6 is 11.8 Å². The van der Waals surface area contributed by atoms with Crippen LogP contribution in [-0.2, 0) is 27.4 Å². The fourth-order valence-electron chi connectivity index (χ4n) is 7.44. The standard InChI is InChI=1S/C34H45N3O4S/c1-23-6-11-31(41-21-26-8-7-25(17-24(26)2)18-36-12-14-40-15-13-36)29(16-23)30-22-42-33(35(30)4)37-19-27-9-10-28(20-37)34(27,3)32(38)39-5/h6-8,11,16-17,22,27-28,33H,9-10,12-15,18-21H2,1-5H3.